The van der Waals surface area contributed by atoms with Crippen molar-refractivity contribution in [2.75, 3.05) is 19.6 Å². The summed E-state index contributed by atoms with van der Waals surface area (Å²) in [6, 6.07) is 4.97. The quantitative estimate of drug-likeness (QED) is 0.700. The van der Waals surface area contributed by atoms with Crippen molar-refractivity contribution < 1.29 is 4.42 Å². The predicted molar refractivity (Wildman–Crippen MR) is 85.9 cm³/mol. The van der Waals surface area contributed by atoms with Crippen LogP contribution in [0.25, 0.3) is 0 Å². The van der Waals surface area contributed by atoms with E-state index in [1.54, 1.807) is 6.26 Å². The highest BCUT2D eigenvalue weighted by Crippen LogP contribution is 2.13. The second kappa shape index (κ2) is 9.19. The van der Waals surface area contributed by atoms with Crippen LogP contribution in [0.5, 0.6) is 0 Å². The first kappa shape index (κ1) is 17.3. The molecule has 1 atom stereocenters. The molecule has 20 heavy (non-hydrogen) atoms. The molecule has 1 rings (SSSR count). The van der Waals surface area contributed by atoms with Crippen LogP contribution in [0.3, 0.4) is 0 Å². The Morgan fingerprint density at radius 2 is 1.90 bits per heavy atom. The van der Waals surface area contributed by atoms with Crippen molar-refractivity contribution in [1.82, 2.24) is 10.2 Å². The van der Waals surface area contributed by atoms with Crippen molar-refractivity contribution >= 4 is 0 Å². The van der Waals surface area contributed by atoms with Crippen LogP contribution in [-0.2, 0) is 0 Å². The van der Waals surface area contributed by atoms with Crippen LogP contribution >= 0.6 is 0 Å². The van der Waals surface area contributed by atoms with Crippen molar-refractivity contribution in [1.29, 1.82) is 0 Å². The maximum atomic E-state index is 5.43. The van der Waals surface area contributed by atoms with Gasteiger partial charge in [-0.15, -0.1) is 0 Å². The van der Waals surface area contributed by atoms with E-state index < -0.39 is 0 Å². The zero-order valence-electron chi connectivity index (χ0n) is 13.9. The van der Waals surface area contributed by atoms with Crippen LogP contribution in [0.4, 0.5) is 0 Å². The highest BCUT2D eigenvalue weighted by Gasteiger charge is 2.16. The minimum atomic E-state index is 0.285. The Balaban J connectivity index is 2.41. The van der Waals surface area contributed by atoms with Gasteiger partial charge in [0, 0.05) is 25.7 Å². The number of nitrogens with zero attached hydrogens (tertiary/aromatic N) is 1. The molecule has 0 aliphatic rings. The van der Waals surface area contributed by atoms with Crippen molar-refractivity contribution in [3.05, 3.63) is 24.2 Å². The van der Waals surface area contributed by atoms with Crippen LogP contribution in [-0.4, -0.2) is 30.6 Å². The Labute approximate surface area is 124 Å². The molecule has 0 spiro atoms. The summed E-state index contributed by atoms with van der Waals surface area (Å²) in [5.74, 6) is 1.74. The minimum absolute atomic E-state index is 0.285. The molecular formula is C17H32N2O. The molecule has 0 aliphatic carbocycles. The third-order valence-electron chi connectivity index (χ3n) is 3.88. The monoisotopic (exact) mass is 280 g/mol. The molecule has 0 aromatic carbocycles. The number of nitrogens with one attached hydrogen (secondary N) is 1. The van der Waals surface area contributed by atoms with E-state index in [-0.39, 0.29) is 6.04 Å². The van der Waals surface area contributed by atoms with E-state index in [2.05, 4.69) is 44.8 Å². The van der Waals surface area contributed by atoms with E-state index in [0.717, 1.165) is 24.8 Å². The summed E-state index contributed by atoms with van der Waals surface area (Å²) in [5.41, 5.74) is 0. The fourth-order valence-electron chi connectivity index (χ4n) is 2.76. The van der Waals surface area contributed by atoms with Crippen molar-refractivity contribution in [2.24, 2.45) is 5.92 Å². The molecule has 1 N–H and O–H groups in total. The normalized spacial score (nSPS) is 13.6. The number of hydrogen-bond donors (Lipinski definition) is 1. The molecule has 116 valence electrons. The van der Waals surface area contributed by atoms with Gasteiger partial charge in [0.25, 0.3) is 0 Å². The Morgan fingerprint density at radius 1 is 1.20 bits per heavy atom. The number of hydrogen-bond acceptors (Lipinski definition) is 3. The fraction of sp³-hybridized carbons (Fsp3) is 0.765. The van der Waals surface area contributed by atoms with Gasteiger partial charge in [0.2, 0.25) is 0 Å². The van der Waals surface area contributed by atoms with Crippen LogP contribution < -0.4 is 5.32 Å². The van der Waals surface area contributed by atoms with E-state index in [1.807, 2.05) is 12.1 Å². The largest absolute Gasteiger partial charge is 0.468 e. The molecule has 1 heterocycles. The summed E-state index contributed by atoms with van der Waals surface area (Å²) >= 11 is 0. The summed E-state index contributed by atoms with van der Waals surface area (Å²) in [5, 5.41) is 3.56. The highest BCUT2D eigenvalue weighted by molar-refractivity contribution is 5.02. The van der Waals surface area contributed by atoms with Crippen molar-refractivity contribution in [3.8, 4) is 0 Å². The van der Waals surface area contributed by atoms with Crippen LogP contribution in [0.2, 0.25) is 0 Å². The lowest BCUT2D eigenvalue weighted by Gasteiger charge is -2.32. The summed E-state index contributed by atoms with van der Waals surface area (Å²) < 4.78 is 5.43. The molecule has 0 aliphatic heterocycles. The molecule has 1 aromatic rings. The molecule has 0 saturated carbocycles. The van der Waals surface area contributed by atoms with Crippen LogP contribution in [0, 0.1) is 5.92 Å². The third-order valence-corrected chi connectivity index (χ3v) is 3.88. The second-order valence-corrected chi connectivity index (χ2v) is 6.05. The topological polar surface area (TPSA) is 28.4 Å². The predicted octanol–water partition coefficient (Wildman–Crippen LogP) is 4.08. The maximum Gasteiger partial charge on any atom is 0.120 e. The first-order valence-corrected chi connectivity index (χ1v) is 8.09. The molecule has 0 bridgehead atoms. The smallest absolute Gasteiger partial charge is 0.120 e. The van der Waals surface area contributed by atoms with Gasteiger partial charge in [0.05, 0.1) is 12.3 Å². The first-order valence-electron chi connectivity index (χ1n) is 8.09. The van der Waals surface area contributed by atoms with Gasteiger partial charge in [-0.2, -0.15) is 0 Å². The van der Waals surface area contributed by atoms with Crippen LogP contribution in [0.1, 0.15) is 59.3 Å². The summed E-state index contributed by atoms with van der Waals surface area (Å²) in [4.78, 5) is 2.63. The zero-order chi connectivity index (χ0) is 15.0. The van der Waals surface area contributed by atoms with Crippen LogP contribution in [0.15, 0.2) is 22.8 Å². The Kier molecular flexibility index (Phi) is 7.93. The van der Waals surface area contributed by atoms with Gasteiger partial charge >= 0.3 is 0 Å². The standard InChI is InChI=1S/C17H32N2O/c1-6-16(7-2)19(13-14(3)4)11-10-18-15(5)17-9-8-12-20-17/h8-9,12,14-16,18H,6-7,10-11,13H2,1-5H3. The average Bonchev–Trinajstić information content (AvgIpc) is 2.93. The van der Waals surface area contributed by atoms with Gasteiger partial charge in [0.15, 0.2) is 0 Å². The Bertz CT molecular complexity index is 331. The van der Waals surface area contributed by atoms with Gasteiger partial charge in [-0.05, 0) is 37.8 Å². The lowest BCUT2D eigenvalue weighted by atomic mass is 10.1. The molecule has 0 radical (unpaired) electrons. The average molecular weight is 280 g/mol. The third kappa shape index (κ3) is 5.68. The minimum Gasteiger partial charge on any atom is -0.468 e. The van der Waals surface area contributed by atoms with Crippen molar-refractivity contribution in [2.45, 2.75) is 59.5 Å². The van der Waals surface area contributed by atoms with E-state index in [4.69, 9.17) is 4.42 Å². The molecular weight excluding hydrogens is 248 g/mol. The highest BCUT2D eigenvalue weighted by atomic mass is 16.3. The lowest BCUT2D eigenvalue weighted by Crippen LogP contribution is -2.41. The molecule has 3 heteroatoms. The van der Waals surface area contributed by atoms with Gasteiger partial charge in [0.1, 0.15) is 5.76 Å². The lowest BCUT2D eigenvalue weighted by molar-refractivity contribution is 0.164. The van der Waals surface area contributed by atoms with E-state index in [9.17, 15) is 0 Å². The van der Waals surface area contributed by atoms with Gasteiger partial charge < -0.3 is 9.73 Å². The summed E-state index contributed by atoms with van der Waals surface area (Å²) in [6.07, 6.45) is 4.21. The second-order valence-electron chi connectivity index (χ2n) is 6.05. The molecule has 0 amide bonds. The maximum absolute atomic E-state index is 5.43. The molecule has 1 aromatic heterocycles. The van der Waals surface area contributed by atoms with E-state index >= 15 is 0 Å². The Hall–Kier alpha value is -0.800. The molecule has 3 nitrogen and oxygen atoms in total. The number of rotatable bonds is 10. The van der Waals surface area contributed by atoms with Gasteiger partial charge in [-0.1, -0.05) is 27.7 Å². The summed E-state index contributed by atoms with van der Waals surface area (Å²) in [7, 11) is 0. The van der Waals surface area contributed by atoms with Gasteiger partial charge in [-0.25, -0.2) is 0 Å². The van der Waals surface area contributed by atoms with E-state index in [1.165, 1.54) is 19.4 Å². The fourth-order valence-corrected chi connectivity index (χ4v) is 2.76. The molecule has 0 saturated heterocycles. The first-order chi connectivity index (χ1) is 9.58. The summed E-state index contributed by atoms with van der Waals surface area (Å²) in [6.45, 7) is 14.6. The van der Waals surface area contributed by atoms with E-state index in [0.29, 0.717) is 6.04 Å². The number of furan rings is 1. The molecule has 0 fully saturated rings. The van der Waals surface area contributed by atoms with Gasteiger partial charge in [-0.3, -0.25) is 4.90 Å². The van der Waals surface area contributed by atoms with Crippen molar-refractivity contribution in [3.63, 3.8) is 0 Å². The SMILES string of the molecule is CCC(CC)N(CCNC(C)c1ccco1)CC(C)C. The zero-order valence-corrected chi connectivity index (χ0v) is 13.9. The molecule has 1 unspecified atom stereocenters. The Morgan fingerprint density at radius 3 is 2.40 bits per heavy atom.